The molecule has 0 aromatic heterocycles. The quantitative estimate of drug-likeness (QED) is 0.195. The van der Waals surface area contributed by atoms with E-state index < -0.39 is 34.6 Å². The Morgan fingerprint density at radius 2 is 1.51 bits per heavy atom. The van der Waals surface area contributed by atoms with Crippen LogP contribution in [0.2, 0.25) is 0 Å². The van der Waals surface area contributed by atoms with E-state index in [-0.39, 0.29) is 34.2 Å². The summed E-state index contributed by atoms with van der Waals surface area (Å²) in [5.41, 5.74) is -0.724. The minimum absolute atomic E-state index is 0.128. The molecule has 0 unspecified atom stereocenters. The Morgan fingerprint density at radius 1 is 0.892 bits per heavy atom. The number of nitrogens with zero attached hydrogens (tertiary/aromatic N) is 1. The SMILES string of the molecule is CC(=O)c1ccc(OC(=O)c2ccc(NC3=C(Cl)C(=O)N(c4cccc(C(F)(F)F)c4)C3=O)cc2)cc1. The van der Waals surface area contributed by atoms with Crippen LogP contribution in [0.1, 0.15) is 33.2 Å². The standard InChI is InChI=1S/C26H16ClF3N2O5/c1-14(33)15-7-11-20(12-8-15)37-25(36)16-5-9-18(10-6-16)31-22-21(27)23(34)32(24(22)35)19-4-2-3-17(13-19)26(28,29)30/h2-13,31H,1H3. The second-order valence-corrected chi connectivity index (χ2v) is 8.23. The third kappa shape index (κ3) is 5.39. The maximum atomic E-state index is 13.1. The third-order valence-corrected chi connectivity index (χ3v) is 5.67. The first kappa shape index (κ1) is 25.6. The van der Waals surface area contributed by atoms with Crippen molar-refractivity contribution < 1.29 is 37.1 Å². The Hall–Kier alpha value is -4.44. The summed E-state index contributed by atoms with van der Waals surface area (Å²) < 4.78 is 44.5. The largest absolute Gasteiger partial charge is 0.423 e. The number of halogens is 4. The molecule has 188 valence electrons. The molecule has 0 aliphatic carbocycles. The number of imide groups is 1. The molecule has 1 aliphatic heterocycles. The number of hydrogen-bond acceptors (Lipinski definition) is 6. The van der Waals surface area contributed by atoms with Crippen molar-refractivity contribution in [3.63, 3.8) is 0 Å². The maximum Gasteiger partial charge on any atom is 0.416 e. The Morgan fingerprint density at radius 3 is 2.11 bits per heavy atom. The Labute approximate surface area is 213 Å². The molecule has 3 aromatic carbocycles. The average Bonchev–Trinajstić information content (AvgIpc) is 3.07. The number of anilines is 2. The summed E-state index contributed by atoms with van der Waals surface area (Å²) in [6.07, 6.45) is -4.67. The van der Waals surface area contributed by atoms with Gasteiger partial charge in [0.1, 0.15) is 16.5 Å². The van der Waals surface area contributed by atoms with Gasteiger partial charge in [-0.05, 0) is 73.7 Å². The minimum Gasteiger partial charge on any atom is -0.423 e. The van der Waals surface area contributed by atoms with Gasteiger partial charge in [0.25, 0.3) is 11.8 Å². The number of benzene rings is 3. The van der Waals surface area contributed by atoms with Crippen LogP contribution in [0.5, 0.6) is 5.75 Å². The number of rotatable bonds is 6. The highest BCUT2D eigenvalue weighted by Gasteiger charge is 2.40. The lowest BCUT2D eigenvalue weighted by Crippen LogP contribution is -2.32. The minimum atomic E-state index is -4.67. The molecule has 0 radical (unpaired) electrons. The summed E-state index contributed by atoms with van der Waals surface area (Å²) in [7, 11) is 0. The number of carbonyl (C=O) groups is 4. The van der Waals surface area contributed by atoms with Crippen LogP contribution in [0, 0.1) is 0 Å². The highest BCUT2D eigenvalue weighted by molar-refractivity contribution is 6.53. The summed E-state index contributed by atoms with van der Waals surface area (Å²) in [5, 5.41) is 2.18. The number of ether oxygens (including phenoxy) is 1. The lowest BCUT2D eigenvalue weighted by Gasteiger charge is -2.17. The van der Waals surface area contributed by atoms with Crippen LogP contribution < -0.4 is 15.0 Å². The fourth-order valence-electron chi connectivity index (χ4n) is 3.42. The van der Waals surface area contributed by atoms with Gasteiger partial charge in [0, 0.05) is 11.3 Å². The van der Waals surface area contributed by atoms with Gasteiger partial charge in [-0.25, -0.2) is 9.69 Å². The van der Waals surface area contributed by atoms with E-state index in [1.165, 1.54) is 61.5 Å². The lowest BCUT2D eigenvalue weighted by atomic mass is 10.1. The molecule has 1 N–H and O–H groups in total. The number of carbonyl (C=O) groups excluding carboxylic acids is 4. The van der Waals surface area contributed by atoms with E-state index in [9.17, 15) is 32.3 Å². The van der Waals surface area contributed by atoms with Gasteiger partial charge >= 0.3 is 12.1 Å². The topological polar surface area (TPSA) is 92.8 Å². The van der Waals surface area contributed by atoms with Gasteiger partial charge in [-0.1, -0.05) is 17.7 Å². The fourth-order valence-corrected chi connectivity index (χ4v) is 3.64. The molecule has 0 bridgehead atoms. The number of alkyl halides is 3. The summed E-state index contributed by atoms with van der Waals surface area (Å²) in [6.45, 7) is 1.41. The molecular formula is C26H16ClF3N2O5. The second-order valence-electron chi connectivity index (χ2n) is 7.86. The van der Waals surface area contributed by atoms with Crippen molar-refractivity contribution in [3.8, 4) is 5.75 Å². The van der Waals surface area contributed by atoms with Gasteiger partial charge in [0.05, 0.1) is 16.8 Å². The zero-order valence-corrected chi connectivity index (χ0v) is 19.7. The van der Waals surface area contributed by atoms with E-state index >= 15 is 0 Å². The highest BCUT2D eigenvalue weighted by atomic mass is 35.5. The van der Waals surface area contributed by atoms with Crippen LogP contribution in [0.3, 0.4) is 0 Å². The Bertz CT molecular complexity index is 1450. The van der Waals surface area contributed by atoms with E-state index in [1.54, 1.807) is 0 Å². The summed E-state index contributed by atoms with van der Waals surface area (Å²) in [5.74, 6) is -2.49. The molecule has 1 heterocycles. The monoisotopic (exact) mass is 528 g/mol. The number of nitrogens with one attached hydrogen (secondary N) is 1. The number of hydrogen-bond donors (Lipinski definition) is 1. The van der Waals surface area contributed by atoms with E-state index in [0.717, 1.165) is 12.1 Å². The van der Waals surface area contributed by atoms with E-state index in [2.05, 4.69) is 5.32 Å². The zero-order valence-electron chi connectivity index (χ0n) is 18.9. The van der Waals surface area contributed by atoms with Crippen molar-refractivity contribution in [2.24, 2.45) is 0 Å². The third-order valence-electron chi connectivity index (χ3n) is 5.32. The van der Waals surface area contributed by atoms with Crippen LogP contribution in [-0.2, 0) is 15.8 Å². The van der Waals surface area contributed by atoms with Gasteiger partial charge in [-0.2, -0.15) is 13.2 Å². The molecule has 2 amide bonds. The molecular weight excluding hydrogens is 513 g/mol. The average molecular weight is 529 g/mol. The number of Topliss-reactive ketones (excluding diaryl/α,β-unsaturated/α-hetero) is 1. The van der Waals surface area contributed by atoms with E-state index in [4.69, 9.17) is 16.3 Å². The second kappa shape index (κ2) is 9.90. The molecule has 0 saturated heterocycles. The molecule has 4 rings (SSSR count). The first-order valence-electron chi connectivity index (χ1n) is 10.6. The van der Waals surface area contributed by atoms with Crippen molar-refractivity contribution >= 4 is 46.5 Å². The molecule has 3 aromatic rings. The van der Waals surface area contributed by atoms with Crippen molar-refractivity contribution in [2.45, 2.75) is 13.1 Å². The predicted octanol–water partition coefficient (Wildman–Crippen LogP) is 5.56. The first-order chi connectivity index (χ1) is 17.5. The smallest absolute Gasteiger partial charge is 0.416 e. The van der Waals surface area contributed by atoms with Gasteiger partial charge in [-0.3, -0.25) is 14.4 Å². The summed E-state index contributed by atoms with van der Waals surface area (Å²) in [4.78, 5) is 49.7. The van der Waals surface area contributed by atoms with Gasteiger partial charge in [0.2, 0.25) is 0 Å². The number of esters is 1. The van der Waals surface area contributed by atoms with Gasteiger partial charge in [0.15, 0.2) is 5.78 Å². The summed E-state index contributed by atoms with van der Waals surface area (Å²) >= 11 is 6.04. The van der Waals surface area contributed by atoms with Crippen LogP contribution >= 0.6 is 11.6 Å². The Balaban J connectivity index is 1.47. The fraction of sp³-hybridized carbons (Fsp3) is 0.0769. The van der Waals surface area contributed by atoms with E-state index in [0.29, 0.717) is 16.5 Å². The molecule has 0 fully saturated rings. The Kier molecular flexibility index (Phi) is 6.86. The van der Waals surface area contributed by atoms with Crippen LogP contribution in [0.4, 0.5) is 24.5 Å². The number of ketones is 1. The molecule has 1 aliphatic rings. The van der Waals surface area contributed by atoms with Gasteiger partial charge in [-0.15, -0.1) is 0 Å². The normalized spacial score (nSPS) is 13.7. The van der Waals surface area contributed by atoms with Crippen LogP contribution in [0.15, 0.2) is 83.5 Å². The molecule has 11 heteroatoms. The molecule has 0 atom stereocenters. The van der Waals surface area contributed by atoms with Crippen molar-refractivity contribution in [2.75, 3.05) is 10.2 Å². The first-order valence-corrected chi connectivity index (χ1v) is 11.0. The molecule has 37 heavy (non-hydrogen) atoms. The zero-order chi connectivity index (χ0) is 26.9. The van der Waals surface area contributed by atoms with Crippen LogP contribution in [0.25, 0.3) is 0 Å². The van der Waals surface area contributed by atoms with Crippen molar-refractivity contribution in [3.05, 3.63) is 100 Å². The summed E-state index contributed by atoms with van der Waals surface area (Å²) in [6, 6.07) is 15.4. The number of amides is 2. The lowest BCUT2D eigenvalue weighted by molar-refractivity contribution is -0.137. The van der Waals surface area contributed by atoms with E-state index in [1.807, 2.05) is 0 Å². The van der Waals surface area contributed by atoms with Gasteiger partial charge < -0.3 is 10.1 Å². The molecule has 0 spiro atoms. The maximum absolute atomic E-state index is 13.1. The van der Waals surface area contributed by atoms with Crippen LogP contribution in [-0.4, -0.2) is 23.6 Å². The predicted molar refractivity (Wildman–Crippen MR) is 128 cm³/mol. The van der Waals surface area contributed by atoms with Crippen molar-refractivity contribution in [1.29, 1.82) is 0 Å². The molecule has 0 saturated carbocycles. The van der Waals surface area contributed by atoms with Crippen molar-refractivity contribution in [1.82, 2.24) is 0 Å². The molecule has 7 nitrogen and oxygen atoms in total. The highest BCUT2D eigenvalue weighted by Crippen LogP contribution is 2.35.